The lowest BCUT2D eigenvalue weighted by Gasteiger charge is -1.86. The second-order valence-electron chi connectivity index (χ2n) is 3.16. The molecular formula is C10H4N2. The first-order chi connectivity index (χ1) is 5.97. The minimum Gasteiger partial charge on any atom is -0.252 e. The van der Waals surface area contributed by atoms with E-state index in [1.807, 2.05) is 0 Å². The van der Waals surface area contributed by atoms with Gasteiger partial charge in [-0.3, -0.25) is 9.97 Å². The molecule has 1 heterocycles. The molecule has 0 unspecified atom stereocenters. The summed E-state index contributed by atoms with van der Waals surface area (Å²) in [6, 6.07) is 4.29. The Bertz CT molecular complexity index is 641. The molecule has 4 aromatic rings. The summed E-state index contributed by atoms with van der Waals surface area (Å²) < 4.78 is 0. The van der Waals surface area contributed by atoms with Gasteiger partial charge in [0.05, 0.1) is 11.0 Å². The highest BCUT2D eigenvalue weighted by molar-refractivity contribution is 6.46. The molecule has 0 fully saturated rings. The first-order valence-electron chi connectivity index (χ1n) is 3.96. The summed E-state index contributed by atoms with van der Waals surface area (Å²) in [5.74, 6) is 0. The third kappa shape index (κ3) is 0.336. The van der Waals surface area contributed by atoms with Crippen molar-refractivity contribution in [1.82, 2.24) is 9.97 Å². The Balaban J connectivity index is 2.57. The number of fused-ring (bicyclic) bond motifs is 4. The lowest BCUT2D eigenvalue weighted by molar-refractivity contribution is 1.32. The second kappa shape index (κ2) is 1.29. The van der Waals surface area contributed by atoms with E-state index in [0.717, 1.165) is 11.0 Å². The molecule has 0 aliphatic heterocycles. The molecule has 3 aromatic carbocycles. The fraction of sp³-hybridized carbons (Fsp3) is 0. The van der Waals surface area contributed by atoms with Gasteiger partial charge in [0.2, 0.25) is 0 Å². The molecular weight excluding hydrogens is 148 g/mol. The fourth-order valence-corrected chi connectivity index (χ4v) is 2.06. The van der Waals surface area contributed by atoms with Crippen molar-refractivity contribution in [2.75, 3.05) is 0 Å². The van der Waals surface area contributed by atoms with Crippen LogP contribution in [0.5, 0.6) is 0 Å². The van der Waals surface area contributed by atoms with Gasteiger partial charge in [0, 0.05) is 28.6 Å². The van der Waals surface area contributed by atoms with E-state index >= 15 is 0 Å². The van der Waals surface area contributed by atoms with Crippen molar-refractivity contribution < 1.29 is 0 Å². The molecule has 0 spiro atoms. The molecule has 2 heteroatoms. The molecule has 4 rings (SSSR count). The number of aromatic nitrogens is 2. The van der Waals surface area contributed by atoms with E-state index in [-0.39, 0.29) is 0 Å². The predicted octanol–water partition coefficient (Wildman–Crippen LogP) is 2.25. The van der Waals surface area contributed by atoms with Crippen molar-refractivity contribution in [1.29, 1.82) is 0 Å². The number of rotatable bonds is 0. The molecule has 12 heavy (non-hydrogen) atoms. The monoisotopic (exact) mass is 152 g/mol. The summed E-state index contributed by atoms with van der Waals surface area (Å²) in [6.07, 6.45) is 3.51. The number of hydrogen-bond donors (Lipinski definition) is 0. The highest BCUT2D eigenvalue weighted by Crippen LogP contribution is 2.48. The van der Waals surface area contributed by atoms with Crippen molar-refractivity contribution in [3.8, 4) is 0 Å². The van der Waals surface area contributed by atoms with Crippen LogP contribution in [-0.4, -0.2) is 9.97 Å². The van der Waals surface area contributed by atoms with E-state index in [1.54, 1.807) is 12.4 Å². The van der Waals surface area contributed by atoms with Crippen LogP contribution >= 0.6 is 0 Å². The zero-order valence-corrected chi connectivity index (χ0v) is 6.20. The topological polar surface area (TPSA) is 25.8 Å². The summed E-state index contributed by atoms with van der Waals surface area (Å²) in [7, 11) is 0. The Morgan fingerprint density at radius 3 is 2.42 bits per heavy atom. The first-order valence-corrected chi connectivity index (χ1v) is 3.96. The molecule has 0 bridgehead atoms. The SMILES string of the molecule is c1cnc2c(n1)c1ccc3c1c32. The Morgan fingerprint density at radius 2 is 1.50 bits per heavy atom. The van der Waals surface area contributed by atoms with Crippen LogP contribution in [0.25, 0.3) is 32.6 Å². The van der Waals surface area contributed by atoms with E-state index in [1.165, 1.54) is 21.5 Å². The summed E-state index contributed by atoms with van der Waals surface area (Å²) in [6.45, 7) is 0. The highest BCUT2D eigenvalue weighted by Gasteiger charge is 2.23. The third-order valence-corrected chi connectivity index (χ3v) is 2.60. The number of nitrogens with zero attached hydrogens (tertiary/aromatic N) is 2. The molecule has 0 saturated carbocycles. The minimum absolute atomic E-state index is 1.07. The van der Waals surface area contributed by atoms with Crippen LogP contribution in [0.4, 0.5) is 0 Å². The average Bonchev–Trinajstić information content (AvgIpc) is 2.57. The summed E-state index contributed by atoms with van der Waals surface area (Å²) in [4.78, 5) is 8.63. The second-order valence-corrected chi connectivity index (χ2v) is 3.16. The van der Waals surface area contributed by atoms with Crippen molar-refractivity contribution >= 4 is 32.6 Å². The van der Waals surface area contributed by atoms with Gasteiger partial charge in [-0.05, 0) is 5.39 Å². The summed E-state index contributed by atoms with van der Waals surface area (Å²) >= 11 is 0. The van der Waals surface area contributed by atoms with Gasteiger partial charge in [0.25, 0.3) is 0 Å². The van der Waals surface area contributed by atoms with Crippen LogP contribution in [0.15, 0.2) is 24.5 Å². The molecule has 2 nitrogen and oxygen atoms in total. The van der Waals surface area contributed by atoms with Gasteiger partial charge in [-0.1, -0.05) is 12.1 Å². The van der Waals surface area contributed by atoms with Gasteiger partial charge in [-0.15, -0.1) is 0 Å². The van der Waals surface area contributed by atoms with Crippen LogP contribution in [0.3, 0.4) is 0 Å². The van der Waals surface area contributed by atoms with Crippen molar-refractivity contribution in [3.05, 3.63) is 24.5 Å². The Kier molecular flexibility index (Phi) is 0.541. The lowest BCUT2D eigenvalue weighted by atomic mass is 10.3. The molecule has 0 aliphatic rings. The van der Waals surface area contributed by atoms with E-state index < -0.39 is 0 Å². The molecule has 54 valence electrons. The minimum atomic E-state index is 1.07. The average molecular weight is 152 g/mol. The molecule has 0 aliphatic carbocycles. The molecule has 0 N–H and O–H groups in total. The maximum Gasteiger partial charge on any atom is 0.0978 e. The fourth-order valence-electron chi connectivity index (χ4n) is 2.06. The molecule has 0 radical (unpaired) electrons. The van der Waals surface area contributed by atoms with Gasteiger partial charge < -0.3 is 0 Å². The van der Waals surface area contributed by atoms with E-state index in [2.05, 4.69) is 22.1 Å². The number of benzene rings is 2. The molecule has 0 saturated heterocycles. The highest BCUT2D eigenvalue weighted by atomic mass is 14.8. The maximum atomic E-state index is 4.32. The van der Waals surface area contributed by atoms with Crippen LogP contribution in [0, 0.1) is 0 Å². The largest absolute Gasteiger partial charge is 0.252 e. The quantitative estimate of drug-likeness (QED) is 0.386. The molecule has 0 atom stereocenters. The Labute approximate surface area is 67.9 Å². The number of hydrogen-bond acceptors (Lipinski definition) is 2. The van der Waals surface area contributed by atoms with Crippen LogP contribution in [-0.2, 0) is 0 Å². The molecule has 0 amide bonds. The third-order valence-electron chi connectivity index (χ3n) is 2.60. The van der Waals surface area contributed by atoms with Gasteiger partial charge in [-0.2, -0.15) is 0 Å². The zero-order valence-electron chi connectivity index (χ0n) is 6.20. The van der Waals surface area contributed by atoms with E-state index in [9.17, 15) is 0 Å². The van der Waals surface area contributed by atoms with E-state index in [0.29, 0.717) is 0 Å². The van der Waals surface area contributed by atoms with Crippen molar-refractivity contribution in [2.45, 2.75) is 0 Å². The molecule has 1 aromatic heterocycles. The Hall–Kier alpha value is -1.70. The van der Waals surface area contributed by atoms with Crippen molar-refractivity contribution in [2.24, 2.45) is 0 Å². The van der Waals surface area contributed by atoms with Gasteiger partial charge >= 0.3 is 0 Å². The normalized spacial score (nSPS) is 13.0. The van der Waals surface area contributed by atoms with Crippen LogP contribution < -0.4 is 0 Å². The summed E-state index contributed by atoms with van der Waals surface area (Å²) in [5, 5.41) is 5.41. The predicted molar refractivity (Wildman–Crippen MR) is 48.1 cm³/mol. The van der Waals surface area contributed by atoms with Crippen molar-refractivity contribution in [3.63, 3.8) is 0 Å². The standard InChI is InChI=1S/C10H4N2/c1-2-6-7-5(1)8(7)10-9(6)11-3-4-12-10/h1-4H. The van der Waals surface area contributed by atoms with Crippen LogP contribution in [0.2, 0.25) is 0 Å². The van der Waals surface area contributed by atoms with Gasteiger partial charge in [-0.25, -0.2) is 0 Å². The smallest absolute Gasteiger partial charge is 0.0978 e. The van der Waals surface area contributed by atoms with Gasteiger partial charge in [0.1, 0.15) is 0 Å². The first kappa shape index (κ1) is 5.04. The summed E-state index contributed by atoms with van der Waals surface area (Å²) in [5.41, 5.74) is 2.16. The van der Waals surface area contributed by atoms with Gasteiger partial charge in [0.15, 0.2) is 0 Å². The Morgan fingerprint density at radius 1 is 0.750 bits per heavy atom. The lowest BCUT2D eigenvalue weighted by Crippen LogP contribution is -1.75. The van der Waals surface area contributed by atoms with E-state index in [4.69, 9.17) is 0 Å². The van der Waals surface area contributed by atoms with Crippen LogP contribution in [0.1, 0.15) is 0 Å². The maximum absolute atomic E-state index is 4.32. The zero-order chi connectivity index (χ0) is 7.71.